The lowest BCUT2D eigenvalue weighted by atomic mass is 10.0. The number of primary amides is 1. The van der Waals surface area contributed by atoms with Crippen molar-refractivity contribution in [2.24, 2.45) is 11.7 Å². The molecule has 0 saturated carbocycles. The maximum absolute atomic E-state index is 13.8. The smallest absolute Gasteiger partial charge is 0.315 e. The number of amides is 2. The fourth-order valence-electron chi connectivity index (χ4n) is 4.08. The largest absolute Gasteiger partial charge is 0.624 e. The third kappa shape index (κ3) is 3.34. The molecule has 2 amide bonds. The summed E-state index contributed by atoms with van der Waals surface area (Å²) >= 11 is 0. The topological polar surface area (TPSA) is 159 Å². The molecule has 5 unspecified atom stereocenters. The van der Waals surface area contributed by atoms with Crippen molar-refractivity contribution in [3.63, 3.8) is 0 Å². The Bertz CT molecular complexity index is 905. The van der Waals surface area contributed by atoms with Gasteiger partial charge < -0.3 is 16.3 Å². The van der Waals surface area contributed by atoms with Gasteiger partial charge in [-0.25, -0.2) is 18.2 Å². The maximum atomic E-state index is 13.8. The number of nitrogens with one attached hydrogen (secondary N) is 1. The number of nitrogens with zero attached hydrogens (tertiary/aromatic N) is 2. The Morgan fingerprint density at radius 2 is 2.11 bits per heavy atom. The molecule has 2 aliphatic rings. The summed E-state index contributed by atoms with van der Waals surface area (Å²) < 4.78 is 24.4. The number of carbonyl (C=O) groups excluding carboxylic acids is 3. The average molecular weight is 410 g/mol. The van der Waals surface area contributed by atoms with Crippen LogP contribution in [-0.2, 0) is 24.2 Å². The van der Waals surface area contributed by atoms with E-state index in [9.17, 15) is 28.0 Å². The number of nitrogens with two attached hydrogens (primary N) is 1. The van der Waals surface area contributed by atoms with E-state index in [2.05, 4.69) is 10.3 Å². The van der Waals surface area contributed by atoms with E-state index in [1.165, 1.54) is 24.4 Å². The standard InChI is InChI=1S/C17H22N4O6S/c1-10(6-13(18)23)7-15(24)21(25)16(8-11-17(21)12(22)9-20-11)28(26,27)14-4-2-3-5-19-14/h2-5,10-11,16-17,20H,6-9H2,1H3,(H2,18,23). The number of hydrogen-bond donors (Lipinski definition) is 2. The van der Waals surface area contributed by atoms with Crippen LogP contribution in [-0.4, -0.2) is 59.6 Å². The molecular formula is C17H22N4O6S. The van der Waals surface area contributed by atoms with Gasteiger partial charge in [-0.15, -0.1) is 0 Å². The van der Waals surface area contributed by atoms with E-state index in [-0.39, 0.29) is 30.8 Å². The summed E-state index contributed by atoms with van der Waals surface area (Å²) in [7, 11) is -4.27. The molecule has 10 nitrogen and oxygen atoms in total. The molecule has 2 aliphatic heterocycles. The van der Waals surface area contributed by atoms with Crippen LogP contribution in [0.5, 0.6) is 0 Å². The first-order valence-electron chi connectivity index (χ1n) is 8.90. The number of rotatable bonds is 6. The molecule has 0 radical (unpaired) electrons. The van der Waals surface area contributed by atoms with Crippen LogP contribution in [0.2, 0.25) is 0 Å². The maximum Gasteiger partial charge on any atom is 0.315 e. The van der Waals surface area contributed by atoms with E-state index in [0.29, 0.717) is 0 Å². The molecule has 3 rings (SSSR count). The van der Waals surface area contributed by atoms with Gasteiger partial charge in [-0.3, -0.25) is 14.2 Å². The van der Waals surface area contributed by atoms with Gasteiger partial charge in [0.05, 0.1) is 19.0 Å². The number of aromatic nitrogens is 1. The first-order valence-corrected chi connectivity index (χ1v) is 10.4. The fraction of sp³-hybridized carbons (Fsp3) is 0.529. The zero-order valence-corrected chi connectivity index (χ0v) is 16.1. The Hall–Kier alpha value is -2.21. The molecule has 2 saturated heterocycles. The number of hydrogen-bond acceptors (Lipinski definition) is 8. The molecule has 5 atom stereocenters. The number of likely N-dealkylation sites (tertiary alicyclic amines) is 1. The Balaban J connectivity index is 2.01. The lowest BCUT2D eigenvalue weighted by Crippen LogP contribution is -2.61. The van der Waals surface area contributed by atoms with Gasteiger partial charge >= 0.3 is 5.91 Å². The summed E-state index contributed by atoms with van der Waals surface area (Å²) in [6, 6.07) is 2.22. The van der Waals surface area contributed by atoms with Crippen LogP contribution in [0.25, 0.3) is 0 Å². The molecular weight excluding hydrogens is 388 g/mol. The summed E-state index contributed by atoms with van der Waals surface area (Å²) in [4.78, 5) is 40.2. The fourth-order valence-corrected chi connectivity index (χ4v) is 5.95. The zero-order chi connectivity index (χ0) is 20.7. The third-order valence-electron chi connectivity index (χ3n) is 5.30. The Labute approximate surface area is 162 Å². The molecule has 3 N–H and O–H groups in total. The molecule has 0 spiro atoms. The number of sulfone groups is 1. The second kappa shape index (κ2) is 7.32. The van der Waals surface area contributed by atoms with Crippen molar-refractivity contribution in [3.05, 3.63) is 29.6 Å². The van der Waals surface area contributed by atoms with Crippen LogP contribution >= 0.6 is 0 Å². The van der Waals surface area contributed by atoms with Crippen LogP contribution in [0.15, 0.2) is 29.4 Å². The summed E-state index contributed by atoms with van der Waals surface area (Å²) in [5, 5.41) is 14.6. The molecule has 0 bridgehead atoms. The summed E-state index contributed by atoms with van der Waals surface area (Å²) in [5.41, 5.74) is 5.13. The number of ketones is 1. The van der Waals surface area contributed by atoms with Gasteiger partial charge in [0.15, 0.2) is 11.1 Å². The van der Waals surface area contributed by atoms with Crippen molar-refractivity contribution < 1.29 is 27.4 Å². The average Bonchev–Trinajstić information content (AvgIpc) is 3.14. The van der Waals surface area contributed by atoms with Crippen molar-refractivity contribution in [2.75, 3.05) is 6.54 Å². The Morgan fingerprint density at radius 3 is 2.71 bits per heavy atom. The second-order valence-corrected chi connectivity index (χ2v) is 9.44. The molecule has 1 aromatic rings. The van der Waals surface area contributed by atoms with Gasteiger partial charge in [0.2, 0.25) is 26.9 Å². The second-order valence-electron chi connectivity index (χ2n) is 7.38. The van der Waals surface area contributed by atoms with Gasteiger partial charge in [0.25, 0.3) is 0 Å². The Morgan fingerprint density at radius 1 is 1.39 bits per heavy atom. The van der Waals surface area contributed by atoms with Crippen LogP contribution < -0.4 is 11.1 Å². The van der Waals surface area contributed by atoms with Crippen molar-refractivity contribution in [1.29, 1.82) is 0 Å². The first-order chi connectivity index (χ1) is 13.1. The van der Waals surface area contributed by atoms with E-state index in [1.54, 1.807) is 6.92 Å². The highest BCUT2D eigenvalue weighted by molar-refractivity contribution is 7.91. The number of fused-ring (bicyclic) bond motifs is 1. The van der Waals surface area contributed by atoms with Crippen molar-refractivity contribution in [1.82, 2.24) is 10.3 Å². The summed E-state index contributed by atoms with van der Waals surface area (Å²) in [6.07, 6.45) is 0.637. The number of carbonyl (C=O) groups is 3. The number of quaternary nitrogens is 1. The number of Topliss-reactive ketones (excluding diaryl/α,β-unsaturated/α-hetero) is 1. The molecule has 0 aliphatic carbocycles. The summed E-state index contributed by atoms with van der Waals surface area (Å²) in [6.45, 7) is 1.48. The van der Waals surface area contributed by atoms with E-state index in [0.717, 1.165) is 0 Å². The van der Waals surface area contributed by atoms with Gasteiger partial charge in [0.1, 0.15) is 0 Å². The highest BCUT2D eigenvalue weighted by atomic mass is 32.2. The van der Waals surface area contributed by atoms with Gasteiger partial charge in [-0.05, 0) is 18.1 Å². The summed E-state index contributed by atoms with van der Waals surface area (Å²) in [5.74, 6) is -2.61. The van der Waals surface area contributed by atoms with E-state index in [1.807, 2.05) is 0 Å². The van der Waals surface area contributed by atoms with Gasteiger partial charge in [-0.2, -0.15) is 0 Å². The lowest BCUT2D eigenvalue weighted by molar-refractivity contribution is -0.818. The van der Waals surface area contributed by atoms with E-state index in [4.69, 9.17) is 5.73 Å². The normalized spacial score (nSPS) is 30.8. The highest BCUT2D eigenvalue weighted by Crippen LogP contribution is 2.41. The molecule has 0 aromatic carbocycles. The number of hydroxylamine groups is 3. The minimum Gasteiger partial charge on any atom is -0.624 e. The van der Waals surface area contributed by atoms with Crippen molar-refractivity contribution in [2.45, 2.75) is 48.7 Å². The van der Waals surface area contributed by atoms with Crippen molar-refractivity contribution in [3.8, 4) is 0 Å². The van der Waals surface area contributed by atoms with Crippen molar-refractivity contribution >= 4 is 27.4 Å². The van der Waals surface area contributed by atoms with Crippen LogP contribution in [0, 0.1) is 11.1 Å². The quantitative estimate of drug-likeness (QED) is 0.457. The molecule has 152 valence electrons. The minimum atomic E-state index is -4.27. The lowest BCUT2D eigenvalue weighted by Gasteiger charge is -2.44. The van der Waals surface area contributed by atoms with Gasteiger partial charge in [0, 0.05) is 19.0 Å². The molecule has 11 heteroatoms. The first kappa shape index (κ1) is 20.5. The Kier molecular flexibility index (Phi) is 5.36. The zero-order valence-electron chi connectivity index (χ0n) is 15.3. The van der Waals surface area contributed by atoms with E-state index >= 15 is 0 Å². The van der Waals surface area contributed by atoms with Crippen LogP contribution in [0.1, 0.15) is 26.2 Å². The monoisotopic (exact) mass is 410 g/mol. The minimum absolute atomic E-state index is 0.0853. The molecule has 1 aromatic heterocycles. The SMILES string of the molecule is CC(CC(N)=O)CC(=O)[N+]1([O-])C2C(=O)CNC2CC1S(=O)(=O)c1ccccn1. The molecule has 28 heavy (non-hydrogen) atoms. The predicted octanol–water partition coefficient (Wildman–Crippen LogP) is -0.763. The van der Waals surface area contributed by atoms with Crippen LogP contribution in [0.3, 0.4) is 0 Å². The molecule has 3 heterocycles. The van der Waals surface area contributed by atoms with Crippen LogP contribution in [0.4, 0.5) is 0 Å². The third-order valence-corrected chi connectivity index (χ3v) is 7.34. The molecule has 2 fully saturated rings. The number of pyridine rings is 1. The van der Waals surface area contributed by atoms with E-state index < -0.39 is 55.5 Å². The highest BCUT2D eigenvalue weighted by Gasteiger charge is 2.64. The predicted molar refractivity (Wildman–Crippen MR) is 96.6 cm³/mol. The van der Waals surface area contributed by atoms with Gasteiger partial charge in [-0.1, -0.05) is 13.0 Å².